The second-order valence-electron chi connectivity index (χ2n) is 4.82. The zero-order chi connectivity index (χ0) is 15.4. The number of amides is 1. The summed E-state index contributed by atoms with van der Waals surface area (Å²) in [5.41, 5.74) is 5.66. The highest BCUT2D eigenvalue weighted by Crippen LogP contribution is 2.23. The second kappa shape index (κ2) is 6.64. The van der Waals surface area contributed by atoms with Crippen molar-refractivity contribution in [2.24, 2.45) is 10.9 Å². The van der Waals surface area contributed by atoms with E-state index >= 15 is 0 Å². The predicted octanol–water partition coefficient (Wildman–Crippen LogP) is 0.550. The highest BCUT2D eigenvalue weighted by Gasteiger charge is 2.24. The highest BCUT2D eigenvalue weighted by molar-refractivity contribution is 6.31. The van der Waals surface area contributed by atoms with Gasteiger partial charge in [0.05, 0.1) is 12.1 Å². The van der Waals surface area contributed by atoms with Crippen molar-refractivity contribution < 1.29 is 15.1 Å². The first-order valence-corrected chi connectivity index (χ1v) is 6.85. The van der Waals surface area contributed by atoms with Gasteiger partial charge in [-0.3, -0.25) is 9.69 Å². The summed E-state index contributed by atoms with van der Waals surface area (Å²) in [5.74, 6) is -0.191. The average molecular weight is 313 g/mol. The third kappa shape index (κ3) is 3.77. The molecule has 114 valence electrons. The summed E-state index contributed by atoms with van der Waals surface area (Å²) in [7, 11) is 0. The number of phenols is 1. The van der Waals surface area contributed by atoms with Crippen LogP contribution in [-0.2, 0) is 0 Å². The number of hydrogen-bond donors (Lipinski definition) is 3. The Labute approximate surface area is 127 Å². The number of halogens is 1. The van der Waals surface area contributed by atoms with Crippen LogP contribution in [0.5, 0.6) is 5.75 Å². The molecule has 1 fully saturated rings. The number of rotatable bonds is 3. The minimum absolute atomic E-state index is 0.0801. The van der Waals surface area contributed by atoms with Gasteiger partial charge in [0.2, 0.25) is 0 Å². The molecule has 8 heteroatoms. The van der Waals surface area contributed by atoms with Crippen molar-refractivity contribution in [3.05, 3.63) is 28.8 Å². The van der Waals surface area contributed by atoms with Gasteiger partial charge in [0.15, 0.2) is 5.84 Å². The fraction of sp³-hybridized carbons (Fsp3) is 0.385. The van der Waals surface area contributed by atoms with Gasteiger partial charge in [-0.15, -0.1) is 0 Å². The Kier molecular flexibility index (Phi) is 4.87. The number of amidine groups is 1. The van der Waals surface area contributed by atoms with Gasteiger partial charge in [-0.1, -0.05) is 16.8 Å². The summed E-state index contributed by atoms with van der Waals surface area (Å²) in [6.45, 7) is 2.60. The Morgan fingerprint density at radius 1 is 1.33 bits per heavy atom. The lowest BCUT2D eigenvalue weighted by Crippen LogP contribution is -2.50. The topological polar surface area (TPSA) is 102 Å². The van der Waals surface area contributed by atoms with Crippen molar-refractivity contribution in [3.8, 4) is 5.75 Å². The largest absolute Gasteiger partial charge is 0.507 e. The van der Waals surface area contributed by atoms with Gasteiger partial charge in [0.25, 0.3) is 5.91 Å². The molecule has 1 aromatic rings. The minimum atomic E-state index is -0.251. The van der Waals surface area contributed by atoms with Gasteiger partial charge in [0, 0.05) is 31.2 Å². The zero-order valence-electron chi connectivity index (χ0n) is 11.4. The maximum atomic E-state index is 12.4. The molecule has 0 saturated carbocycles. The van der Waals surface area contributed by atoms with E-state index in [1.54, 1.807) is 4.90 Å². The third-order valence-electron chi connectivity index (χ3n) is 3.36. The molecular weight excluding hydrogens is 296 g/mol. The molecule has 1 aromatic carbocycles. The van der Waals surface area contributed by atoms with Gasteiger partial charge in [-0.2, -0.15) is 0 Å². The standard InChI is InChI=1S/C13H17ClN4O3/c14-9-1-2-11(19)10(7-9)13(20)18-5-3-17(4-6-18)8-12(15)16-21/h1-2,7,19,21H,3-6,8H2,(H2,15,16). The van der Waals surface area contributed by atoms with E-state index in [4.69, 9.17) is 22.5 Å². The maximum Gasteiger partial charge on any atom is 0.257 e. The Morgan fingerprint density at radius 3 is 2.62 bits per heavy atom. The molecule has 0 radical (unpaired) electrons. The summed E-state index contributed by atoms with van der Waals surface area (Å²) in [5, 5.41) is 21.6. The van der Waals surface area contributed by atoms with E-state index in [0.717, 1.165) is 0 Å². The van der Waals surface area contributed by atoms with Crippen LogP contribution in [-0.4, -0.2) is 64.6 Å². The number of nitrogens with zero attached hydrogens (tertiary/aromatic N) is 3. The Hall–Kier alpha value is -1.99. The average Bonchev–Trinajstić information content (AvgIpc) is 2.49. The molecule has 4 N–H and O–H groups in total. The van der Waals surface area contributed by atoms with Crippen LogP contribution in [0, 0.1) is 0 Å². The van der Waals surface area contributed by atoms with Crippen molar-refractivity contribution in [2.75, 3.05) is 32.7 Å². The summed E-state index contributed by atoms with van der Waals surface area (Å²) in [6.07, 6.45) is 0. The molecule has 0 aliphatic carbocycles. The second-order valence-corrected chi connectivity index (χ2v) is 5.26. The lowest BCUT2D eigenvalue weighted by molar-refractivity contribution is 0.0650. The minimum Gasteiger partial charge on any atom is -0.507 e. The van der Waals surface area contributed by atoms with Crippen molar-refractivity contribution in [1.82, 2.24) is 9.80 Å². The van der Waals surface area contributed by atoms with E-state index in [2.05, 4.69) is 5.16 Å². The van der Waals surface area contributed by atoms with Gasteiger partial charge in [-0.25, -0.2) is 0 Å². The van der Waals surface area contributed by atoms with Gasteiger partial charge >= 0.3 is 0 Å². The maximum absolute atomic E-state index is 12.4. The van der Waals surface area contributed by atoms with E-state index in [1.165, 1.54) is 18.2 Å². The first-order chi connectivity index (χ1) is 10.0. The van der Waals surface area contributed by atoms with Crippen LogP contribution >= 0.6 is 11.6 Å². The van der Waals surface area contributed by atoms with E-state index in [9.17, 15) is 9.90 Å². The predicted molar refractivity (Wildman–Crippen MR) is 78.9 cm³/mol. The van der Waals surface area contributed by atoms with Crippen LogP contribution in [0.4, 0.5) is 0 Å². The molecule has 1 saturated heterocycles. The number of nitrogens with two attached hydrogens (primary N) is 1. The number of carbonyl (C=O) groups excluding carboxylic acids is 1. The van der Waals surface area contributed by atoms with Crippen LogP contribution in [0.2, 0.25) is 5.02 Å². The number of phenolic OH excluding ortho intramolecular Hbond substituents is 1. The highest BCUT2D eigenvalue weighted by atomic mass is 35.5. The molecule has 21 heavy (non-hydrogen) atoms. The molecule has 1 aliphatic heterocycles. The molecule has 0 bridgehead atoms. The van der Waals surface area contributed by atoms with E-state index in [0.29, 0.717) is 37.7 Å². The number of hydrogen-bond acceptors (Lipinski definition) is 5. The Balaban J connectivity index is 1.99. The van der Waals surface area contributed by atoms with Crippen molar-refractivity contribution in [2.45, 2.75) is 0 Å². The van der Waals surface area contributed by atoms with E-state index in [1.807, 2.05) is 4.90 Å². The number of aromatic hydroxyl groups is 1. The van der Waals surface area contributed by atoms with E-state index in [-0.39, 0.29) is 23.1 Å². The lowest BCUT2D eigenvalue weighted by Gasteiger charge is -2.34. The Morgan fingerprint density at radius 2 is 2.00 bits per heavy atom. The van der Waals surface area contributed by atoms with Gasteiger partial charge in [0.1, 0.15) is 5.75 Å². The molecule has 1 amide bonds. The molecule has 0 unspecified atom stereocenters. The van der Waals surface area contributed by atoms with Gasteiger partial charge in [-0.05, 0) is 18.2 Å². The molecule has 1 aliphatic rings. The summed E-state index contributed by atoms with van der Waals surface area (Å²) >= 11 is 5.86. The van der Waals surface area contributed by atoms with Crippen molar-refractivity contribution >= 4 is 23.3 Å². The number of oxime groups is 1. The quantitative estimate of drug-likeness (QED) is 0.327. The Bertz CT molecular complexity index is 556. The number of benzene rings is 1. The summed E-state index contributed by atoms with van der Waals surface area (Å²) in [4.78, 5) is 16.0. The number of carbonyl (C=O) groups is 1. The SMILES string of the molecule is NC(CN1CCN(C(=O)c2cc(Cl)ccc2O)CC1)=NO. The van der Waals surface area contributed by atoms with Crippen molar-refractivity contribution in [1.29, 1.82) is 0 Å². The molecule has 7 nitrogen and oxygen atoms in total. The summed E-state index contributed by atoms with van der Waals surface area (Å²) < 4.78 is 0. The number of piperazine rings is 1. The van der Waals surface area contributed by atoms with Crippen LogP contribution < -0.4 is 5.73 Å². The third-order valence-corrected chi connectivity index (χ3v) is 3.60. The fourth-order valence-corrected chi connectivity index (χ4v) is 2.39. The van der Waals surface area contributed by atoms with Crippen LogP contribution in [0.1, 0.15) is 10.4 Å². The smallest absolute Gasteiger partial charge is 0.257 e. The molecule has 0 atom stereocenters. The summed E-state index contributed by atoms with van der Waals surface area (Å²) in [6, 6.07) is 4.40. The fourth-order valence-electron chi connectivity index (χ4n) is 2.22. The molecule has 2 rings (SSSR count). The van der Waals surface area contributed by atoms with Crippen molar-refractivity contribution in [3.63, 3.8) is 0 Å². The van der Waals surface area contributed by atoms with Crippen LogP contribution in [0.25, 0.3) is 0 Å². The molecule has 0 aromatic heterocycles. The van der Waals surface area contributed by atoms with Crippen LogP contribution in [0.15, 0.2) is 23.4 Å². The normalized spacial score (nSPS) is 17.0. The van der Waals surface area contributed by atoms with E-state index < -0.39 is 0 Å². The molecule has 0 spiro atoms. The lowest BCUT2D eigenvalue weighted by atomic mass is 10.1. The zero-order valence-corrected chi connectivity index (χ0v) is 12.1. The first-order valence-electron chi connectivity index (χ1n) is 6.48. The molecule has 1 heterocycles. The monoisotopic (exact) mass is 312 g/mol. The van der Waals surface area contributed by atoms with Gasteiger partial charge < -0.3 is 20.9 Å². The van der Waals surface area contributed by atoms with Crippen LogP contribution in [0.3, 0.4) is 0 Å². The molecular formula is C13H17ClN4O3. The first kappa shape index (κ1) is 15.4.